The summed E-state index contributed by atoms with van der Waals surface area (Å²) < 4.78 is 6.04. The van der Waals surface area contributed by atoms with Crippen molar-refractivity contribution in [1.29, 1.82) is 5.26 Å². The number of carbonyl (C=O) groups excluding carboxylic acids is 2. The molecule has 7 rings (SSSR count). The predicted octanol–water partition coefficient (Wildman–Crippen LogP) is 5.09. The van der Waals surface area contributed by atoms with Crippen LogP contribution in [0.2, 0.25) is 0 Å². The number of hydrogen-bond acceptors (Lipinski definition) is 9. The molecule has 2 heterocycles. The number of likely N-dealkylation sites (tertiary alicyclic amines) is 1. The first-order valence-electron chi connectivity index (χ1n) is 19.3. The number of hydrazine groups is 1. The lowest BCUT2D eigenvalue weighted by molar-refractivity contribution is -0.131. The van der Waals surface area contributed by atoms with Gasteiger partial charge in [-0.25, -0.2) is 10.0 Å². The number of nitrogens with zero attached hydrogens (tertiary/aromatic N) is 6. The summed E-state index contributed by atoms with van der Waals surface area (Å²) in [7, 11) is 9.20. The fourth-order valence-electron chi connectivity index (χ4n) is 9.13. The van der Waals surface area contributed by atoms with Crippen LogP contribution in [0.1, 0.15) is 70.4 Å². The zero-order valence-electron chi connectivity index (χ0n) is 33.4. The third-order valence-electron chi connectivity index (χ3n) is 12.2. The third kappa shape index (κ3) is 6.76. The van der Waals surface area contributed by atoms with E-state index in [1.807, 2.05) is 41.0 Å². The maximum absolute atomic E-state index is 13.8. The molecule has 1 saturated heterocycles. The lowest BCUT2D eigenvalue weighted by Gasteiger charge is -2.39. The molecule has 2 amide bonds. The Labute approximate surface area is 325 Å². The Morgan fingerprint density at radius 2 is 1.67 bits per heavy atom. The van der Waals surface area contributed by atoms with Crippen molar-refractivity contribution in [3.8, 4) is 6.07 Å². The fourth-order valence-corrected chi connectivity index (χ4v) is 9.13. The number of piperidine rings is 1. The fraction of sp³-hybridized carbons (Fsp3) is 0.455. The van der Waals surface area contributed by atoms with Gasteiger partial charge in [-0.1, -0.05) is 49.4 Å². The molecule has 2 aliphatic carbocycles. The van der Waals surface area contributed by atoms with Crippen LogP contribution in [0.5, 0.6) is 0 Å². The van der Waals surface area contributed by atoms with Gasteiger partial charge in [-0.05, 0) is 110 Å². The Morgan fingerprint density at radius 3 is 2.27 bits per heavy atom. The minimum Gasteiger partial charge on any atom is -0.378 e. The molecular weight excluding hydrogens is 689 g/mol. The van der Waals surface area contributed by atoms with Crippen LogP contribution < -0.4 is 15.8 Å². The van der Waals surface area contributed by atoms with E-state index < -0.39 is 11.8 Å². The molecule has 0 aromatic heterocycles. The van der Waals surface area contributed by atoms with E-state index in [1.54, 1.807) is 26.1 Å². The van der Waals surface area contributed by atoms with Crippen LogP contribution in [0.3, 0.4) is 0 Å². The lowest BCUT2D eigenvalue weighted by atomic mass is 9.67. The van der Waals surface area contributed by atoms with Crippen molar-refractivity contribution in [2.45, 2.75) is 76.3 Å². The minimum absolute atomic E-state index is 0.0361. The number of amidine groups is 1. The van der Waals surface area contributed by atoms with Crippen molar-refractivity contribution in [3.05, 3.63) is 106 Å². The number of benzene rings is 3. The molecule has 11 nitrogen and oxygen atoms in total. The molecule has 11 heteroatoms. The Kier molecular flexibility index (Phi) is 10.3. The number of aliphatic imine (C=N–C) groups is 1. The Bertz CT molecular complexity index is 2000. The van der Waals surface area contributed by atoms with Gasteiger partial charge in [-0.15, -0.1) is 0 Å². The zero-order chi connectivity index (χ0) is 39.3. The average molecular weight is 743 g/mol. The summed E-state index contributed by atoms with van der Waals surface area (Å²) in [6.07, 6.45) is 2.09. The summed E-state index contributed by atoms with van der Waals surface area (Å²) in [5, 5.41) is 15.4. The van der Waals surface area contributed by atoms with E-state index in [-0.39, 0.29) is 36.5 Å². The maximum Gasteiger partial charge on any atom is 0.253 e. The maximum atomic E-state index is 13.8. The largest absolute Gasteiger partial charge is 0.378 e. The quantitative estimate of drug-likeness (QED) is 0.279. The van der Waals surface area contributed by atoms with Crippen LogP contribution in [0.15, 0.2) is 72.2 Å². The first-order chi connectivity index (χ1) is 26.3. The molecule has 3 unspecified atom stereocenters. The van der Waals surface area contributed by atoms with Gasteiger partial charge in [0.25, 0.3) is 5.91 Å². The van der Waals surface area contributed by atoms with Gasteiger partial charge >= 0.3 is 0 Å². The molecular formula is C44H54N8O3. The highest BCUT2D eigenvalue weighted by molar-refractivity contribution is 6.01. The van der Waals surface area contributed by atoms with Crippen LogP contribution in [0, 0.1) is 30.1 Å². The molecule has 1 saturated carbocycles. The number of fused-ring (bicyclic) bond motifs is 3. The number of carbonyl (C=O) groups is 2. The molecule has 0 bridgehead atoms. The van der Waals surface area contributed by atoms with E-state index in [0.717, 1.165) is 57.6 Å². The molecule has 288 valence electrons. The number of anilines is 1. The van der Waals surface area contributed by atoms with E-state index in [0.29, 0.717) is 36.1 Å². The SMILES string of the molecule is C=C(c1ccc2c(c1)CCc1cc(C(=O)N(C)C)ccc1C2(C[C@@H](C)NCC(=O)N1C(C#N)C[C@@H]2[C@H](C)[C@@H]21)C1=NC(OC)N(c2ccc(C)cc2)N1)N(C)C. The highest BCUT2D eigenvalue weighted by Gasteiger charge is 2.60. The number of amides is 2. The monoisotopic (exact) mass is 742 g/mol. The van der Waals surface area contributed by atoms with Gasteiger partial charge in [-0.2, -0.15) is 5.26 Å². The lowest BCUT2D eigenvalue weighted by Crippen LogP contribution is -2.53. The molecule has 3 aromatic rings. The van der Waals surface area contributed by atoms with E-state index in [9.17, 15) is 14.9 Å². The Morgan fingerprint density at radius 1 is 1.04 bits per heavy atom. The van der Waals surface area contributed by atoms with Gasteiger partial charge in [0.15, 0.2) is 0 Å². The smallest absolute Gasteiger partial charge is 0.253 e. The van der Waals surface area contributed by atoms with Crippen LogP contribution in [0.25, 0.3) is 5.70 Å². The summed E-state index contributed by atoms with van der Waals surface area (Å²) in [5.74, 6) is 1.48. The van der Waals surface area contributed by atoms with E-state index >= 15 is 0 Å². The molecule has 7 atom stereocenters. The van der Waals surface area contributed by atoms with Crippen molar-refractivity contribution in [3.63, 3.8) is 0 Å². The highest BCUT2D eigenvalue weighted by atomic mass is 16.5. The van der Waals surface area contributed by atoms with Crippen molar-refractivity contribution < 1.29 is 14.3 Å². The summed E-state index contributed by atoms with van der Waals surface area (Å²) in [6.45, 7) is 10.8. The highest BCUT2D eigenvalue weighted by Crippen LogP contribution is 2.53. The minimum atomic E-state index is -0.858. The first kappa shape index (κ1) is 38.1. The van der Waals surface area contributed by atoms with Gasteiger partial charge in [0.2, 0.25) is 12.3 Å². The van der Waals surface area contributed by atoms with Gasteiger partial charge in [0.1, 0.15) is 11.9 Å². The van der Waals surface area contributed by atoms with E-state index in [4.69, 9.17) is 9.73 Å². The molecule has 3 aromatic carbocycles. The second-order valence-electron chi connectivity index (χ2n) is 16.2. The van der Waals surface area contributed by atoms with Gasteiger partial charge in [-0.3, -0.25) is 15.0 Å². The van der Waals surface area contributed by atoms with Crippen molar-refractivity contribution in [2.24, 2.45) is 16.8 Å². The average Bonchev–Trinajstić information content (AvgIpc) is 3.47. The van der Waals surface area contributed by atoms with Crippen molar-refractivity contribution in [2.75, 3.05) is 46.9 Å². The zero-order valence-corrected chi connectivity index (χ0v) is 33.4. The van der Waals surface area contributed by atoms with Crippen molar-refractivity contribution in [1.82, 2.24) is 25.4 Å². The Hall–Kier alpha value is -5.18. The van der Waals surface area contributed by atoms with Crippen LogP contribution in [-0.2, 0) is 27.8 Å². The summed E-state index contributed by atoms with van der Waals surface area (Å²) >= 11 is 0. The van der Waals surface area contributed by atoms with Gasteiger partial charge < -0.3 is 24.8 Å². The van der Waals surface area contributed by atoms with Crippen LogP contribution in [-0.4, -0.2) is 98.7 Å². The molecule has 2 aliphatic heterocycles. The number of methoxy groups -OCH3 is 1. The third-order valence-corrected chi connectivity index (χ3v) is 12.2. The number of ether oxygens (including phenoxy) is 1. The normalized spacial score (nSPS) is 25.4. The molecule has 2 fully saturated rings. The number of aryl methyl sites for hydroxylation is 3. The van der Waals surface area contributed by atoms with Crippen LogP contribution >= 0.6 is 0 Å². The number of hydrogen-bond donors (Lipinski definition) is 2. The van der Waals surface area contributed by atoms with E-state index in [2.05, 4.69) is 92.7 Å². The second-order valence-corrected chi connectivity index (χ2v) is 16.2. The second kappa shape index (κ2) is 14.8. The molecule has 2 N–H and O–H groups in total. The number of nitrogens with one attached hydrogen (secondary N) is 2. The van der Waals surface area contributed by atoms with Crippen LogP contribution in [0.4, 0.5) is 5.69 Å². The molecule has 4 aliphatic rings. The van der Waals surface area contributed by atoms with Crippen molar-refractivity contribution >= 4 is 29.0 Å². The number of rotatable bonds is 11. The number of nitriles is 1. The molecule has 0 radical (unpaired) electrons. The topological polar surface area (TPSA) is 117 Å². The van der Waals surface area contributed by atoms with E-state index in [1.165, 1.54) is 0 Å². The van der Waals surface area contributed by atoms with Gasteiger partial charge in [0.05, 0.1) is 23.7 Å². The summed E-state index contributed by atoms with van der Waals surface area (Å²) in [5.41, 5.74) is 11.9. The first-order valence-corrected chi connectivity index (χ1v) is 19.3. The summed E-state index contributed by atoms with van der Waals surface area (Å²) in [4.78, 5) is 37.9. The summed E-state index contributed by atoms with van der Waals surface area (Å²) in [6, 6.07) is 22.9. The molecule has 0 spiro atoms. The predicted molar refractivity (Wildman–Crippen MR) is 216 cm³/mol. The molecule has 55 heavy (non-hydrogen) atoms. The van der Waals surface area contributed by atoms with Gasteiger partial charge in [0, 0.05) is 58.6 Å². The standard InChI is InChI=1S/C44H54N8O3/c1-26-10-16-34(17-11-26)52-43(55-9)47-42(48-52)44(23-27(2)46-25-39(53)51-35(24-45)22-36-28(3)40(36)51)37-18-14-30(29(4)49(5)6)20-31(37)12-13-32-21-33(15-19-38(32)44)41(54)50(7)8/h10-11,14-21,27-28,35-36,40,43,46H,4,12-13,22-23,25H2,1-3,5-9H3,(H,47,48)/t27-,28+,35?,36-,40+,43?,44?/m1/s1. The Balaban J connectivity index is 1.35.